The van der Waals surface area contributed by atoms with Gasteiger partial charge in [-0.1, -0.05) is 11.2 Å². The zero-order valence-electron chi connectivity index (χ0n) is 11.3. The molecule has 1 fully saturated rings. The number of likely N-dealkylation sites (tertiary alicyclic amines) is 1. The quantitative estimate of drug-likeness (QED) is 0.867. The van der Waals surface area contributed by atoms with Gasteiger partial charge in [0, 0.05) is 32.5 Å². The molecule has 1 aliphatic heterocycles. The van der Waals surface area contributed by atoms with Crippen molar-refractivity contribution in [3.8, 4) is 0 Å². The van der Waals surface area contributed by atoms with Crippen molar-refractivity contribution in [2.45, 2.75) is 18.8 Å². The molecule has 1 atom stereocenters. The fourth-order valence-corrected chi connectivity index (χ4v) is 2.37. The molecule has 0 saturated carbocycles. The first-order valence-electron chi connectivity index (χ1n) is 6.53. The summed E-state index contributed by atoms with van der Waals surface area (Å²) in [4.78, 5) is 17.3. The van der Waals surface area contributed by atoms with Gasteiger partial charge in [-0.15, -0.1) is 0 Å². The highest BCUT2D eigenvalue weighted by Crippen LogP contribution is 2.26. The van der Waals surface area contributed by atoms with Crippen molar-refractivity contribution in [2.75, 3.05) is 13.6 Å². The molecule has 0 spiro atoms. The highest BCUT2D eigenvalue weighted by atomic mass is 19.1. The smallest absolute Gasteiger partial charge is 0.232 e. The number of likely N-dealkylation sites (N-methyl/N-ethyl adjacent to an activating group) is 1. The molecule has 1 saturated heterocycles. The highest BCUT2D eigenvalue weighted by Gasteiger charge is 2.32. The molecule has 7 heteroatoms. The Balaban J connectivity index is 1.75. The third-order valence-corrected chi connectivity index (χ3v) is 3.54. The predicted molar refractivity (Wildman–Crippen MR) is 68.5 cm³/mol. The molecule has 0 aliphatic carbocycles. The van der Waals surface area contributed by atoms with E-state index in [0.29, 0.717) is 30.2 Å². The monoisotopic (exact) mass is 293 g/mol. The van der Waals surface area contributed by atoms with Crippen molar-refractivity contribution in [3.05, 3.63) is 47.1 Å². The largest absolute Gasteiger partial charge is 0.345 e. The van der Waals surface area contributed by atoms with Crippen LogP contribution in [0.25, 0.3) is 0 Å². The number of carbonyl (C=O) groups excluding carboxylic acids is 1. The molecule has 0 radical (unpaired) electrons. The van der Waals surface area contributed by atoms with Crippen molar-refractivity contribution in [1.29, 1.82) is 0 Å². The normalized spacial score (nSPS) is 18.5. The van der Waals surface area contributed by atoms with Crippen molar-refractivity contribution < 1.29 is 18.1 Å². The van der Waals surface area contributed by atoms with E-state index >= 15 is 0 Å². The number of rotatable bonds is 3. The molecule has 1 unspecified atom stereocenters. The van der Waals surface area contributed by atoms with Crippen LogP contribution in [0, 0.1) is 11.6 Å². The summed E-state index contributed by atoms with van der Waals surface area (Å²) in [5.74, 6) is -0.663. The lowest BCUT2D eigenvalue weighted by atomic mass is 10.1. The third kappa shape index (κ3) is 2.76. The molecule has 0 N–H and O–H groups in total. The van der Waals surface area contributed by atoms with Crippen LogP contribution in [0.4, 0.5) is 8.78 Å². The SMILES string of the molecule is CN1CC(c2nc(Cc3ccc(F)cc3F)no2)CC1=O. The lowest BCUT2D eigenvalue weighted by molar-refractivity contribution is -0.126. The number of amides is 1. The van der Waals surface area contributed by atoms with E-state index in [1.807, 2.05) is 0 Å². The highest BCUT2D eigenvalue weighted by molar-refractivity contribution is 5.79. The van der Waals surface area contributed by atoms with Crippen LogP contribution >= 0.6 is 0 Å². The molecule has 3 rings (SSSR count). The number of hydrogen-bond acceptors (Lipinski definition) is 4. The molecule has 2 aromatic rings. The Hall–Kier alpha value is -2.31. The van der Waals surface area contributed by atoms with Gasteiger partial charge < -0.3 is 9.42 Å². The van der Waals surface area contributed by atoms with Gasteiger partial charge in [0.25, 0.3) is 0 Å². The van der Waals surface area contributed by atoms with Gasteiger partial charge in [-0.3, -0.25) is 4.79 Å². The van der Waals surface area contributed by atoms with Gasteiger partial charge in [-0.2, -0.15) is 4.98 Å². The Morgan fingerprint density at radius 3 is 2.90 bits per heavy atom. The van der Waals surface area contributed by atoms with Crippen LogP contribution in [0.5, 0.6) is 0 Å². The second-order valence-corrected chi connectivity index (χ2v) is 5.14. The maximum atomic E-state index is 13.6. The second kappa shape index (κ2) is 5.23. The molecule has 5 nitrogen and oxygen atoms in total. The summed E-state index contributed by atoms with van der Waals surface area (Å²) >= 11 is 0. The molecule has 0 bridgehead atoms. The van der Waals surface area contributed by atoms with E-state index in [0.717, 1.165) is 6.07 Å². The molecule has 1 amide bonds. The van der Waals surface area contributed by atoms with Gasteiger partial charge in [-0.05, 0) is 11.6 Å². The summed E-state index contributed by atoms with van der Waals surface area (Å²) in [6.07, 6.45) is 0.454. The Morgan fingerprint density at radius 1 is 1.43 bits per heavy atom. The van der Waals surface area contributed by atoms with E-state index in [1.165, 1.54) is 12.1 Å². The predicted octanol–water partition coefficient (Wildman–Crippen LogP) is 1.88. The van der Waals surface area contributed by atoms with Crippen LogP contribution in [-0.2, 0) is 11.2 Å². The Labute approximate surface area is 119 Å². The van der Waals surface area contributed by atoms with E-state index < -0.39 is 11.6 Å². The lowest BCUT2D eigenvalue weighted by Gasteiger charge is -2.06. The van der Waals surface area contributed by atoms with Gasteiger partial charge in [0.15, 0.2) is 5.82 Å². The molecule has 110 valence electrons. The zero-order valence-corrected chi connectivity index (χ0v) is 11.3. The molecular formula is C14H13F2N3O2. The van der Waals surface area contributed by atoms with Gasteiger partial charge in [0.2, 0.25) is 11.8 Å². The van der Waals surface area contributed by atoms with Crippen molar-refractivity contribution >= 4 is 5.91 Å². The minimum absolute atomic E-state index is 0.0318. The van der Waals surface area contributed by atoms with Crippen LogP contribution in [-0.4, -0.2) is 34.5 Å². The van der Waals surface area contributed by atoms with E-state index in [-0.39, 0.29) is 18.2 Å². The molecule has 1 aliphatic rings. The number of hydrogen-bond donors (Lipinski definition) is 0. The fraction of sp³-hybridized carbons (Fsp3) is 0.357. The summed E-state index contributed by atoms with van der Waals surface area (Å²) in [7, 11) is 1.72. The summed E-state index contributed by atoms with van der Waals surface area (Å²) in [6, 6.07) is 3.36. The summed E-state index contributed by atoms with van der Waals surface area (Å²) in [5.41, 5.74) is 0.295. The topological polar surface area (TPSA) is 59.2 Å². The van der Waals surface area contributed by atoms with Crippen molar-refractivity contribution in [2.24, 2.45) is 0 Å². The van der Waals surface area contributed by atoms with Crippen LogP contribution in [0.1, 0.15) is 29.6 Å². The molecule has 21 heavy (non-hydrogen) atoms. The Bertz CT molecular complexity index is 687. The number of nitrogens with zero attached hydrogens (tertiary/aromatic N) is 3. The van der Waals surface area contributed by atoms with Crippen LogP contribution in [0.2, 0.25) is 0 Å². The molecule has 2 heterocycles. The Morgan fingerprint density at radius 2 is 2.24 bits per heavy atom. The van der Waals surface area contributed by atoms with E-state index in [1.54, 1.807) is 11.9 Å². The number of benzene rings is 1. The minimum Gasteiger partial charge on any atom is -0.345 e. The van der Waals surface area contributed by atoms with Gasteiger partial charge in [0.05, 0.1) is 5.92 Å². The molecule has 1 aromatic heterocycles. The second-order valence-electron chi connectivity index (χ2n) is 5.14. The van der Waals surface area contributed by atoms with Crippen LogP contribution in [0.3, 0.4) is 0 Å². The zero-order chi connectivity index (χ0) is 15.0. The van der Waals surface area contributed by atoms with Gasteiger partial charge in [-0.25, -0.2) is 8.78 Å². The van der Waals surface area contributed by atoms with Crippen molar-refractivity contribution in [3.63, 3.8) is 0 Å². The maximum absolute atomic E-state index is 13.6. The summed E-state index contributed by atoms with van der Waals surface area (Å²) in [6.45, 7) is 0.533. The van der Waals surface area contributed by atoms with E-state index in [4.69, 9.17) is 4.52 Å². The van der Waals surface area contributed by atoms with E-state index in [9.17, 15) is 13.6 Å². The van der Waals surface area contributed by atoms with Crippen molar-refractivity contribution in [1.82, 2.24) is 15.0 Å². The number of aromatic nitrogens is 2. The molecule has 1 aromatic carbocycles. The lowest BCUT2D eigenvalue weighted by Crippen LogP contribution is -2.18. The first-order chi connectivity index (χ1) is 10.0. The average molecular weight is 293 g/mol. The Kier molecular flexibility index (Phi) is 3.40. The standard InChI is InChI=1S/C14H13F2N3O2/c1-19-7-9(5-13(19)20)14-17-12(18-21-14)4-8-2-3-10(15)6-11(8)16/h2-3,6,9H,4-5,7H2,1H3. The first-order valence-corrected chi connectivity index (χ1v) is 6.53. The first kappa shape index (κ1) is 13.7. The van der Waals surface area contributed by atoms with Gasteiger partial charge >= 0.3 is 0 Å². The fourth-order valence-electron chi connectivity index (χ4n) is 2.37. The molecular weight excluding hydrogens is 280 g/mol. The number of halogens is 2. The number of carbonyl (C=O) groups is 1. The summed E-state index contributed by atoms with van der Waals surface area (Å²) in [5, 5.41) is 3.79. The maximum Gasteiger partial charge on any atom is 0.232 e. The van der Waals surface area contributed by atoms with Crippen LogP contribution < -0.4 is 0 Å². The minimum atomic E-state index is -0.642. The average Bonchev–Trinajstić information content (AvgIpc) is 3.01. The van der Waals surface area contributed by atoms with E-state index in [2.05, 4.69) is 10.1 Å². The van der Waals surface area contributed by atoms with Gasteiger partial charge in [0.1, 0.15) is 11.6 Å². The van der Waals surface area contributed by atoms with Crippen LogP contribution in [0.15, 0.2) is 22.7 Å². The summed E-state index contributed by atoms with van der Waals surface area (Å²) < 4.78 is 31.6. The third-order valence-electron chi connectivity index (χ3n) is 3.54.